The number of carbonyl (C=O) groups excluding carboxylic acids is 1. The van der Waals surface area contributed by atoms with Gasteiger partial charge in [0.1, 0.15) is 6.10 Å². The number of rotatable bonds is 2. The molecule has 0 bridgehead atoms. The summed E-state index contributed by atoms with van der Waals surface area (Å²) in [4.78, 5) is 13.0. The van der Waals surface area contributed by atoms with Gasteiger partial charge in [-0.25, -0.2) is 4.79 Å². The van der Waals surface area contributed by atoms with Crippen LogP contribution in [0.5, 0.6) is 0 Å². The van der Waals surface area contributed by atoms with Crippen LogP contribution in [-0.4, -0.2) is 12.1 Å². The highest BCUT2D eigenvalue weighted by Gasteiger charge is 2.66. The van der Waals surface area contributed by atoms with Crippen LogP contribution in [-0.2, 0) is 4.74 Å². The molecule has 0 radical (unpaired) electrons. The van der Waals surface area contributed by atoms with E-state index < -0.39 is 0 Å². The van der Waals surface area contributed by atoms with Crippen LogP contribution in [0.2, 0.25) is 0 Å². The number of hydrogen-bond acceptors (Lipinski definition) is 2. The fourth-order valence-corrected chi connectivity index (χ4v) is 10.6. The zero-order valence-electron chi connectivity index (χ0n) is 25.1. The molecule has 206 valence electrons. The van der Waals surface area contributed by atoms with Crippen LogP contribution in [0.15, 0.2) is 53.1 Å². The smallest absolute Gasteiger partial charge is 0.338 e. The fourth-order valence-electron chi connectivity index (χ4n) is 10.6. The molecule has 2 saturated carbocycles. The molecule has 1 aromatic rings. The van der Waals surface area contributed by atoms with Crippen LogP contribution >= 0.6 is 0 Å². The van der Waals surface area contributed by atoms with Gasteiger partial charge in [0.25, 0.3) is 0 Å². The van der Waals surface area contributed by atoms with Gasteiger partial charge in [-0.1, -0.05) is 78.3 Å². The first-order valence-corrected chi connectivity index (χ1v) is 15.5. The maximum Gasteiger partial charge on any atom is 0.338 e. The van der Waals surface area contributed by atoms with Gasteiger partial charge in [-0.3, -0.25) is 0 Å². The van der Waals surface area contributed by atoms with Gasteiger partial charge in [0.05, 0.1) is 5.56 Å². The molecule has 0 amide bonds. The Morgan fingerprint density at radius 3 is 2.29 bits per heavy atom. The maximum atomic E-state index is 13.0. The highest BCUT2D eigenvalue weighted by atomic mass is 16.5. The minimum Gasteiger partial charge on any atom is -0.458 e. The Kier molecular flexibility index (Phi) is 5.96. The van der Waals surface area contributed by atoms with E-state index in [1.807, 2.05) is 30.3 Å². The molecule has 0 spiro atoms. The van der Waals surface area contributed by atoms with Crippen LogP contribution in [0.1, 0.15) is 123 Å². The van der Waals surface area contributed by atoms with Crippen molar-refractivity contribution in [3.8, 4) is 0 Å². The summed E-state index contributed by atoms with van der Waals surface area (Å²) in [5.41, 5.74) is 7.24. The van der Waals surface area contributed by atoms with Crippen LogP contribution in [0.25, 0.3) is 0 Å². The van der Waals surface area contributed by atoms with Crippen molar-refractivity contribution in [2.45, 2.75) is 119 Å². The Hall–Kier alpha value is -1.83. The molecule has 38 heavy (non-hydrogen) atoms. The SMILES string of the molecule is CC1(C)CCC2=C(C1)C1=CC[C@@H]3[C@@]4(C)CC[C@H](OC(=O)c5ccccc5)C(C)(C)[C@@H]4CC[C@@]3(C)[C@]1(C)CC2. The molecule has 2 fully saturated rings. The fraction of sp³-hybridized carbons (Fsp3) is 0.694. The van der Waals surface area contributed by atoms with Gasteiger partial charge in [0.15, 0.2) is 0 Å². The first kappa shape index (κ1) is 26.4. The molecule has 5 aliphatic carbocycles. The second kappa shape index (κ2) is 8.58. The largest absolute Gasteiger partial charge is 0.458 e. The third-order valence-corrected chi connectivity index (χ3v) is 13.1. The molecule has 0 saturated heterocycles. The van der Waals surface area contributed by atoms with Crippen molar-refractivity contribution in [3.05, 3.63) is 58.7 Å². The summed E-state index contributed by atoms with van der Waals surface area (Å²) in [7, 11) is 0. The minimum atomic E-state index is -0.160. The van der Waals surface area contributed by atoms with Crippen LogP contribution in [0.3, 0.4) is 0 Å². The van der Waals surface area contributed by atoms with Gasteiger partial charge in [-0.05, 0) is 121 Å². The van der Waals surface area contributed by atoms with E-state index in [9.17, 15) is 4.79 Å². The van der Waals surface area contributed by atoms with E-state index in [1.54, 1.807) is 16.7 Å². The first-order chi connectivity index (χ1) is 17.8. The normalized spacial score (nSPS) is 41.1. The van der Waals surface area contributed by atoms with Crippen molar-refractivity contribution < 1.29 is 9.53 Å². The summed E-state index contributed by atoms with van der Waals surface area (Å²) in [6.07, 6.45) is 15.2. The Labute approximate surface area is 231 Å². The molecule has 0 N–H and O–H groups in total. The predicted molar refractivity (Wildman–Crippen MR) is 156 cm³/mol. The molecular weight excluding hydrogens is 464 g/mol. The number of esters is 1. The van der Waals surface area contributed by atoms with Gasteiger partial charge in [0.2, 0.25) is 0 Å². The molecule has 0 unspecified atom stereocenters. The lowest BCUT2D eigenvalue weighted by Crippen LogP contribution is -2.63. The van der Waals surface area contributed by atoms with Gasteiger partial charge >= 0.3 is 5.97 Å². The van der Waals surface area contributed by atoms with Crippen LogP contribution < -0.4 is 0 Å². The average molecular weight is 515 g/mol. The second-order valence-corrected chi connectivity index (χ2v) is 15.8. The molecule has 2 heteroatoms. The van der Waals surface area contributed by atoms with Crippen molar-refractivity contribution in [2.75, 3.05) is 0 Å². The van der Waals surface area contributed by atoms with Gasteiger partial charge in [-0.2, -0.15) is 0 Å². The zero-order chi connectivity index (χ0) is 27.1. The van der Waals surface area contributed by atoms with E-state index in [-0.39, 0.29) is 28.3 Å². The Bertz CT molecular complexity index is 1180. The molecule has 0 aliphatic heterocycles. The highest BCUT2D eigenvalue weighted by Crippen LogP contribution is 2.74. The minimum absolute atomic E-state index is 0.0187. The van der Waals surface area contributed by atoms with E-state index in [1.165, 1.54) is 51.4 Å². The number of hydrogen-bond donors (Lipinski definition) is 0. The third kappa shape index (κ3) is 3.67. The van der Waals surface area contributed by atoms with E-state index in [0.717, 1.165) is 12.8 Å². The monoisotopic (exact) mass is 514 g/mol. The molecule has 1 aromatic carbocycles. The summed E-state index contributed by atoms with van der Waals surface area (Å²) in [6, 6.07) is 9.55. The average Bonchev–Trinajstić information content (AvgIpc) is 2.86. The Morgan fingerprint density at radius 1 is 0.842 bits per heavy atom. The molecule has 6 rings (SSSR count). The summed E-state index contributed by atoms with van der Waals surface area (Å²) < 4.78 is 6.28. The molecule has 6 atom stereocenters. The second-order valence-electron chi connectivity index (χ2n) is 15.8. The Morgan fingerprint density at radius 2 is 1.55 bits per heavy atom. The van der Waals surface area contributed by atoms with E-state index in [2.05, 4.69) is 54.5 Å². The molecule has 0 heterocycles. The van der Waals surface area contributed by atoms with E-state index in [4.69, 9.17) is 4.74 Å². The first-order valence-electron chi connectivity index (χ1n) is 15.5. The molecule has 0 aromatic heterocycles. The van der Waals surface area contributed by atoms with Gasteiger partial charge in [0, 0.05) is 5.41 Å². The van der Waals surface area contributed by atoms with E-state index >= 15 is 0 Å². The van der Waals surface area contributed by atoms with E-state index in [0.29, 0.717) is 28.2 Å². The summed E-state index contributed by atoms with van der Waals surface area (Å²) >= 11 is 0. The molecular formula is C36H50O2. The molecule has 5 aliphatic rings. The van der Waals surface area contributed by atoms with Crippen molar-refractivity contribution in [1.82, 2.24) is 0 Å². The lowest BCUT2D eigenvalue weighted by atomic mass is 9.35. The van der Waals surface area contributed by atoms with Crippen molar-refractivity contribution in [2.24, 2.45) is 38.9 Å². The number of benzene rings is 1. The van der Waals surface area contributed by atoms with Crippen molar-refractivity contribution in [3.63, 3.8) is 0 Å². The van der Waals surface area contributed by atoms with Crippen LogP contribution in [0.4, 0.5) is 0 Å². The lowest BCUT2D eigenvalue weighted by molar-refractivity contribution is -0.195. The zero-order valence-corrected chi connectivity index (χ0v) is 25.1. The number of fused-ring (bicyclic) bond motifs is 6. The number of allylic oxidation sites excluding steroid dienone is 4. The number of carbonyl (C=O) groups is 1. The summed E-state index contributed by atoms with van der Waals surface area (Å²) in [5.74, 6) is 1.10. The van der Waals surface area contributed by atoms with Crippen LogP contribution in [0, 0.1) is 38.9 Å². The van der Waals surface area contributed by atoms with Crippen molar-refractivity contribution in [1.29, 1.82) is 0 Å². The molecule has 2 nitrogen and oxygen atoms in total. The van der Waals surface area contributed by atoms with Crippen molar-refractivity contribution >= 4 is 5.97 Å². The van der Waals surface area contributed by atoms with Gasteiger partial charge < -0.3 is 4.74 Å². The highest BCUT2D eigenvalue weighted by molar-refractivity contribution is 5.89. The quantitative estimate of drug-likeness (QED) is 0.367. The third-order valence-electron chi connectivity index (χ3n) is 13.1. The maximum absolute atomic E-state index is 13.0. The van der Waals surface area contributed by atoms with Gasteiger partial charge in [-0.15, -0.1) is 0 Å². The Balaban J connectivity index is 1.31. The predicted octanol–water partition coefficient (Wildman–Crippen LogP) is 9.71. The summed E-state index contributed by atoms with van der Waals surface area (Å²) in [5, 5.41) is 0. The lowest BCUT2D eigenvalue weighted by Gasteiger charge is -2.69. The summed E-state index contributed by atoms with van der Waals surface area (Å²) in [6.45, 7) is 17.7. The standard InChI is InChI=1S/C36H50O2/c1-32(2)19-15-24-16-21-35(6)27(26(24)23-32)13-14-29-34(5)20-18-30(38-31(37)25-11-9-8-10-12-25)33(3,4)28(34)17-22-36(29,35)7/h8-13,28-30H,14-23H2,1-7H3/t28-,29+,30-,34-,35+,36+/m0/s1. The topological polar surface area (TPSA) is 26.3 Å². The number of ether oxygens (including phenoxy) is 1.